The average molecular weight is 278 g/mol. The molecule has 0 unspecified atom stereocenters. The Morgan fingerprint density at radius 1 is 1.20 bits per heavy atom. The SMILES string of the molecule is Fc1cc(OCC2CCC2)ccc1N1CCCNCC1. The topological polar surface area (TPSA) is 24.5 Å². The molecule has 1 heterocycles. The van der Waals surface area contributed by atoms with Crippen molar-refractivity contribution in [2.75, 3.05) is 37.7 Å². The molecular formula is C16H23FN2O. The van der Waals surface area contributed by atoms with E-state index in [0.29, 0.717) is 17.4 Å². The molecule has 4 heteroatoms. The molecule has 1 saturated carbocycles. The highest BCUT2D eigenvalue weighted by molar-refractivity contribution is 5.50. The summed E-state index contributed by atoms with van der Waals surface area (Å²) in [6.45, 7) is 4.43. The van der Waals surface area contributed by atoms with Gasteiger partial charge in [-0.25, -0.2) is 4.39 Å². The zero-order valence-electron chi connectivity index (χ0n) is 11.9. The van der Waals surface area contributed by atoms with E-state index in [9.17, 15) is 4.39 Å². The molecule has 0 bridgehead atoms. The van der Waals surface area contributed by atoms with Crippen LogP contribution in [0.2, 0.25) is 0 Å². The van der Waals surface area contributed by atoms with Gasteiger partial charge in [0.2, 0.25) is 0 Å². The summed E-state index contributed by atoms with van der Waals surface area (Å²) in [5.41, 5.74) is 0.699. The van der Waals surface area contributed by atoms with Crippen LogP contribution in [0.15, 0.2) is 18.2 Å². The van der Waals surface area contributed by atoms with Crippen LogP contribution < -0.4 is 15.0 Å². The first-order chi connectivity index (χ1) is 9.83. The van der Waals surface area contributed by atoms with E-state index in [2.05, 4.69) is 10.2 Å². The number of nitrogens with one attached hydrogen (secondary N) is 1. The lowest BCUT2D eigenvalue weighted by molar-refractivity contribution is 0.180. The van der Waals surface area contributed by atoms with E-state index < -0.39 is 0 Å². The van der Waals surface area contributed by atoms with E-state index in [0.717, 1.165) is 39.2 Å². The zero-order chi connectivity index (χ0) is 13.8. The highest BCUT2D eigenvalue weighted by Gasteiger charge is 2.19. The molecule has 0 radical (unpaired) electrons. The fourth-order valence-electron chi connectivity index (χ4n) is 2.79. The molecule has 3 nitrogen and oxygen atoms in total. The first kappa shape index (κ1) is 13.7. The maximum Gasteiger partial charge on any atom is 0.150 e. The lowest BCUT2D eigenvalue weighted by atomic mass is 9.86. The van der Waals surface area contributed by atoms with E-state index in [4.69, 9.17) is 4.74 Å². The normalized spacial score (nSPS) is 20.4. The van der Waals surface area contributed by atoms with Gasteiger partial charge in [-0.05, 0) is 43.9 Å². The molecule has 1 aliphatic heterocycles. The van der Waals surface area contributed by atoms with Crippen LogP contribution in [-0.4, -0.2) is 32.8 Å². The summed E-state index contributed by atoms with van der Waals surface area (Å²) in [5.74, 6) is 1.17. The number of anilines is 1. The summed E-state index contributed by atoms with van der Waals surface area (Å²) in [6, 6.07) is 5.29. The minimum atomic E-state index is -0.169. The predicted molar refractivity (Wildman–Crippen MR) is 78.9 cm³/mol. The van der Waals surface area contributed by atoms with Gasteiger partial charge in [0.05, 0.1) is 12.3 Å². The predicted octanol–water partition coefficient (Wildman–Crippen LogP) is 2.80. The lowest BCUT2D eigenvalue weighted by Gasteiger charge is -2.26. The van der Waals surface area contributed by atoms with Gasteiger partial charge in [-0.1, -0.05) is 6.42 Å². The molecular weight excluding hydrogens is 255 g/mol. The number of nitrogens with zero attached hydrogens (tertiary/aromatic N) is 1. The van der Waals surface area contributed by atoms with Crippen LogP contribution in [0.4, 0.5) is 10.1 Å². The standard InChI is InChI=1S/C16H23FN2O/c17-15-11-14(20-12-13-3-1-4-13)5-6-16(15)19-9-2-7-18-8-10-19/h5-6,11,13,18H,1-4,7-10,12H2. The summed E-state index contributed by atoms with van der Waals surface area (Å²) in [7, 11) is 0. The van der Waals surface area contributed by atoms with Crippen LogP contribution in [0.3, 0.4) is 0 Å². The first-order valence-corrected chi connectivity index (χ1v) is 7.71. The number of ether oxygens (including phenoxy) is 1. The van der Waals surface area contributed by atoms with Crippen molar-refractivity contribution < 1.29 is 9.13 Å². The molecule has 1 aromatic carbocycles. The largest absolute Gasteiger partial charge is 0.493 e. The summed E-state index contributed by atoms with van der Waals surface area (Å²) < 4.78 is 19.9. The number of hydrogen-bond donors (Lipinski definition) is 1. The van der Waals surface area contributed by atoms with Crippen molar-refractivity contribution in [1.29, 1.82) is 0 Å². The Labute approximate surface area is 120 Å². The van der Waals surface area contributed by atoms with Gasteiger partial charge >= 0.3 is 0 Å². The number of rotatable bonds is 4. The summed E-state index contributed by atoms with van der Waals surface area (Å²) >= 11 is 0. The highest BCUT2D eigenvalue weighted by Crippen LogP contribution is 2.29. The van der Waals surface area contributed by atoms with Crippen LogP contribution in [0.25, 0.3) is 0 Å². The Morgan fingerprint density at radius 2 is 2.10 bits per heavy atom. The van der Waals surface area contributed by atoms with Crippen molar-refractivity contribution in [3.05, 3.63) is 24.0 Å². The maximum absolute atomic E-state index is 14.2. The smallest absolute Gasteiger partial charge is 0.150 e. The number of hydrogen-bond acceptors (Lipinski definition) is 3. The molecule has 2 aliphatic rings. The van der Waals surface area contributed by atoms with Crippen molar-refractivity contribution in [2.45, 2.75) is 25.7 Å². The second-order valence-electron chi connectivity index (χ2n) is 5.81. The molecule has 110 valence electrons. The maximum atomic E-state index is 14.2. The van der Waals surface area contributed by atoms with Gasteiger partial charge in [-0.15, -0.1) is 0 Å². The van der Waals surface area contributed by atoms with Crippen LogP contribution >= 0.6 is 0 Å². The van der Waals surface area contributed by atoms with Gasteiger partial charge in [-0.2, -0.15) is 0 Å². The molecule has 20 heavy (non-hydrogen) atoms. The third-order valence-corrected chi connectivity index (χ3v) is 4.31. The Balaban J connectivity index is 1.63. The van der Waals surface area contributed by atoms with E-state index in [1.807, 2.05) is 12.1 Å². The molecule has 1 aromatic rings. The molecule has 0 spiro atoms. The van der Waals surface area contributed by atoms with Crippen LogP contribution in [0.1, 0.15) is 25.7 Å². The summed E-state index contributed by atoms with van der Waals surface area (Å²) in [4.78, 5) is 2.12. The summed E-state index contributed by atoms with van der Waals surface area (Å²) in [5, 5.41) is 3.33. The van der Waals surface area contributed by atoms with E-state index in [1.54, 1.807) is 0 Å². The molecule has 2 fully saturated rings. The Hall–Kier alpha value is -1.29. The second kappa shape index (κ2) is 6.44. The van der Waals surface area contributed by atoms with Gasteiger partial charge in [0, 0.05) is 25.7 Å². The number of halogens is 1. The molecule has 0 aromatic heterocycles. The van der Waals surface area contributed by atoms with Gasteiger partial charge in [0.15, 0.2) is 0 Å². The molecule has 1 saturated heterocycles. The quantitative estimate of drug-likeness (QED) is 0.916. The molecule has 0 atom stereocenters. The van der Waals surface area contributed by atoms with Crippen LogP contribution in [0.5, 0.6) is 5.75 Å². The van der Waals surface area contributed by atoms with Crippen LogP contribution in [0, 0.1) is 11.7 Å². The van der Waals surface area contributed by atoms with Crippen molar-refractivity contribution in [1.82, 2.24) is 5.32 Å². The van der Waals surface area contributed by atoms with Gasteiger partial charge < -0.3 is 15.0 Å². The highest BCUT2D eigenvalue weighted by atomic mass is 19.1. The fraction of sp³-hybridized carbons (Fsp3) is 0.625. The van der Waals surface area contributed by atoms with E-state index in [-0.39, 0.29) is 5.82 Å². The zero-order valence-corrected chi connectivity index (χ0v) is 11.9. The molecule has 1 aliphatic carbocycles. The monoisotopic (exact) mass is 278 g/mol. The average Bonchev–Trinajstić information content (AvgIpc) is 2.66. The molecule has 0 amide bonds. The van der Waals surface area contributed by atoms with Gasteiger partial charge in [0.25, 0.3) is 0 Å². The summed E-state index contributed by atoms with van der Waals surface area (Å²) in [6.07, 6.45) is 4.87. The third-order valence-electron chi connectivity index (χ3n) is 4.31. The van der Waals surface area contributed by atoms with Crippen molar-refractivity contribution in [3.8, 4) is 5.75 Å². The van der Waals surface area contributed by atoms with Crippen molar-refractivity contribution in [2.24, 2.45) is 5.92 Å². The van der Waals surface area contributed by atoms with Crippen LogP contribution in [-0.2, 0) is 0 Å². The van der Waals surface area contributed by atoms with Gasteiger partial charge in [-0.3, -0.25) is 0 Å². The van der Waals surface area contributed by atoms with E-state index >= 15 is 0 Å². The third kappa shape index (κ3) is 3.23. The fourth-order valence-corrected chi connectivity index (χ4v) is 2.79. The lowest BCUT2D eigenvalue weighted by Crippen LogP contribution is -2.28. The number of benzene rings is 1. The van der Waals surface area contributed by atoms with E-state index in [1.165, 1.54) is 25.3 Å². The first-order valence-electron chi connectivity index (χ1n) is 7.71. The minimum Gasteiger partial charge on any atom is -0.493 e. The van der Waals surface area contributed by atoms with Gasteiger partial charge in [0.1, 0.15) is 11.6 Å². The second-order valence-corrected chi connectivity index (χ2v) is 5.81. The Bertz CT molecular complexity index is 440. The molecule has 1 N–H and O–H groups in total. The minimum absolute atomic E-state index is 0.169. The molecule has 3 rings (SSSR count). The Morgan fingerprint density at radius 3 is 2.85 bits per heavy atom. The van der Waals surface area contributed by atoms with Crippen molar-refractivity contribution in [3.63, 3.8) is 0 Å². The Kier molecular flexibility index (Phi) is 4.41. The van der Waals surface area contributed by atoms with Crippen molar-refractivity contribution >= 4 is 5.69 Å².